The van der Waals surface area contributed by atoms with E-state index in [0.29, 0.717) is 16.8 Å². The van der Waals surface area contributed by atoms with E-state index in [1.807, 2.05) is 6.92 Å². The molecule has 0 aliphatic heterocycles. The molecule has 112 valence electrons. The van der Waals surface area contributed by atoms with Gasteiger partial charge in [0, 0.05) is 17.1 Å². The predicted molar refractivity (Wildman–Crippen MR) is 79.3 cm³/mol. The second-order valence-electron chi connectivity index (χ2n) is 4.59. The summed E-state index contributed by atoms with van der Waals surface area (Å²) in [7, 11) is -3.66. The highest BCUT2D eigenvalue weighted by molar-refractivity contribution is 9.10. The second kappa shape index (κ2) is 6.43. The van der Waals surface area contributed by atoms with E-state index in [9.17, 15) is 8.42 Å². The highest BCUT2D eigenvalue weighted by atomic mass is 79.9. The smallest absolute Gasteiger partial charge is 0.247 e. The topological polar surface area (TPSA) is 66.8 Å². The van der Waals surface area contributed by atoms with Gasteiger partial charge in [0.2, 0.25) is 10.0 Å². The van der Waals surface area contributed by atoms with E-state index in [0.717, 1.165) is 12.8 Å². The minimum atomic E-state index is -3.66. The average molecular weight is 364 g/mol. The molecule has 1 fully saturated rings. The van der Waals surface area contributed by atoms with E-state index in [-0.39, 0.29) is 24.1 Å². The molecule has 1 N–H and O–H groups in total. The van der Waals surface area contributed by atoms with Gasteiger partial charge in [-0.25, -0.2) is 8.42 Å². The Hall–Kier alpha value is -0.630. The number of sulfonamides is 1. The van der Waals surface area contributed by atoms with Crippen LogP contribution in [0.3, 0.4) is 0 Å². The monoisotopic (exact) mass is 363 g/mol. The molecule has 1 saturated carbocycles. The Morgan fingerprint density at radius 3 is 2.70 bits per heavy atom. The van der Waals surface area contributed by atoms with Crippen molar-refractivity contribution < 1.29 is 18.3 Å². The van der Waals surface area contributed by atoms with Crippen molar-refractivity contribution in [2.45, 2.75) is 30.7 Å². The van der Waals surface area contributed by atoms with Crippen LogP contribution in [0.5, 0.6) is 5.75 Å². The Bertz CT molecular complexity index is 572. The molecule has 5 nitrogen and oxygen atoms in total. The molecule has 0 radical (unpaired) electrons. The fourth-order valence-corrected chi connectivity index (χ4v) is 4.39. The molecule has 0 bridgehead atoms. The van der Waals surface area contributed by atoms with Crippen molar-refractivity contribution in [3.05, 3.63) is 22.7 Å². The van der Waals surface area contributed by atoms with Crippen LogP contribution >= 0.6 is 15.9 Å². The number of ether oxygens (including phenoxy) is 1. The third-order valence-corrected chi connectivity index (χ3v) is 5.53. The van der Waals surface area contributed by atoms with Crippen molar-refractivity contribution in [1.82, 2.24) is 4.31 Å². The lowest BCUT2D eigenvalue weighted by Crippen LogP contribution is -2.35. The summed E-state index contributed by atoms with van der Waals surface area (Å²) >= 11 is 3.29. The zero-order valence-corrected chi connectivity index (χ0v) is 13.7. The first-order valence-electron chi connectivity index (χ1n) is 6.55. The summed E-state index contributed by atoms with van der Waals surface area (Å²) < 4.78 is 33.0. The molecule has 1 aromatic carbocycles. The standard InChI is InChI=1S/C13H18BrNO4S/c1-2-19-12-6-3-10(14)9-13(12)20(17,18)15(7-8-16)11-4-5-11/h3,6,9,11,16H,2,4-5,7-8H2,1H3. The highest BCUT2D eigenvalue weighted by Gasteiger charge is 2.39. The van der Waals surface area contributed by atoms with Crippen LogP contribution < -0.4 is 4.74 Å². The summed E-state index contributed by atoms with van der Waals surface area (Å²) in [6.07, 6.45) is 1.69. The molecule has 0 amide bonds. The van der Waals surface area contributed by atoms with Gasteiger partial charge in [0.15, 0.2) is 0 Å². The summed E-state index contributed by atoms with van der Waals surface area (Å²) in [5, 5.41) is 9.10. The van der Waals surface area contributed by atoms with Crippen LogP contribution in [0.15, 0.2) is 27.6 Å². The Morgan fingerprint density at radius 1 is 1.45 bits per heavy atom. The van der Waals surface area contributed by atoms with E-state index < -0.39 is 10.0 Å². The lowest BCUT2D eigenvalue weighted by molar-refractivity contribution is 0.249. The van der Waals surface area contributed by atoms with Crippen molar-refractivity contribution in [3.63, 3.8) is 0 Å². The van der Waals surface area contributed by atoms with Gasteiger partial charge in [-0.15, -0.1) is 0 Å². The number of benzene rings is 1. The van der Waals surface area contributed by atoms with Crippen LogP contribution in [0.1, 0.15) is 19.8 Å². The van der Waals surface area contributed by atoms with E-state index in [2.05, 4.69) is 15.9 Å². The van der Waals surface area contributed by atoms with Crippen LogP contribution in [0.25, 0.3) is 0 Å². The predicted octanol–water partition coefficient (Wildman–Crippen LogP) is 1.99. The van der Waals surface area contributed by atoms with Gasteiger partial charge in [-0.2, -0.15) is 4.31 Å². The quantitative estimate of drug-likeness (QED) is 0.804. The molecule has 0 unspecified atom stereocenters. The van der Waals surface area contributed by atoms with E-state index in [1.54, 1.807) is 18.2 Å². The van der Waals surface area contributed by atoms with Crippen molar-refractivity contribution in [2.75, 3.05) is 19.8 Å². The molecular weight excluding hydrogens is 346 g/mol. The van der Waals surface area contributed by atoms with Crippen LogP contribution in [0.4, 0.5) is 0 Å². The fourth-order valence-electron chi connectivity index (χ4n) is 2.04. The van der Waals surface area contributed by atoms with Gasteiger partial charge >= 0.3 is 0 Å². The summed E-state index contributed by atoms with van der Waals surface area (Å²) in [5.74, 6) is 0.347. The Balaban J connectivity index is 2.43. The average Bonchev–Trinajstić information content (AvgIpc) is 3.22. The minimum Gasteiger partial charge on any atom is -0.492 e. The normalized spacial score (nSPS) is 15.6. The number of halogens is 1. The number of aliphatic hydroxyl groups is 1. The summed E-state index contributed by atoms with van der Waals surface area (Å²) in [4.78, 5) is 0.147. The van der Waals surface area contributed by atoms with Crippen molar-refractivity contribution in [2.24, 2.45) is 0 Å². The molecule has 0 saturated heterocycles. The Kier molecular flexibility index (Phi) is 5.06. The lowest BCUT2D eigenvalue weighted by atomic mass is 10.3. The van der Waals surface area contributed by atoms with Gasteiger partial charge in [0.1, 0.15) is 10.6 Å². The van der Waals surface area contributed by atoms with Crippen molar-refractivity contribution >= 4 is 26.0 Å². The largest absolute Gasteiger partial charge is 0.492 e. The first-order chi connectivity index (χ1) is 9.50. The summed E-state index contributed by atoms with van der Waals surface area (Å²) in [6, 6.07) is 4.94. The fraction of sp³-hybridized carbons (Fsp3) is 0.538. The molecule has 2 rings (SSSR count). The molecule has 0 atom stereocenters. The summed E-state index contributed by atoms with van der Waals surface area (Å²) in [5.41, 5.74) is 0. The van der Waals surface area contributed by atoms with Crippen LogP contribution in [-0.4, -0.2) is 43.6 Å². The SMILES string of the molecule is CCOc1ccc(Br)cc1S(=O)(=O)N(CCO)C1CC1. The molecular formula is C13H18BrNO4S. The van der Waals surface area contributed by atoms with Gasteiger partial charge in [0.25, 0.3) is 0 Å². The molecule has 1 aliphatic rings. The van der Waals surface area contributed by atoms with Gasteiger partial charge in [-0.1, -0.05) is 15.9 Å². The van der Waals surface area contributed by atoms with Gasteiger partial charge in [-0.3, -0.25) is 0 Å². The Morgan fingerprint density at radius 2 is 2.15 bits per heavy atom. The van der Waals surface area contributed by atoms with Crippen molar-refractivity contribution in [1.29, 1.82) is 0 Å². The van der Waals surface area contributed by atoms with Crippen LogP contribution in [-0.2, 0) is 10.0 Å². The maximum Gasteiger partial charge on any atom is 0.247 e. The third-order valence-electron chi connectivity index (χ3n) is 3.07. The zero-order chi connectivity index (χ0) is 14.8. The molecule has 0 aromatic heterocycles. The minimum absolute atomic E-state index is 0.000563. The number of rotatable bonds is 7. The van der Waals surface area contributed by atoms with Crippen LogP contribution in [0.2, 0.25) is 0 Å². The molecule has 7 heteroatoms. The maximum absolute atomic E-state index is 12.8. The Labute approximate surface area is 127 Å². The number of aliphatic hydroxyl groups excluding tert-OH is 1. The molecule has 0 spiro atoms. The maximum atomic E-state index is 12.8. The van der Waals surface area contributed by atoms with Gasteiger partial charge in [0.05, 0.1) is 13.2 Å². The molecule has 1 aliphatic carbocycles. The van der Waals surface area contributed by atoms with E-state index in [4.69, 9.17) is 9.84 Å². The first-order valence-corrected chi connectivity index (χ1v) is 8.79. The third kappa shape index (κ3) is 3.33. The summed E-state index contributed by atoms with van der Waals surface area (Å²) in [6.45, 7) is 2.14. The highest BCUT2D eigenvalue weighted by Crippen LogP contribution is 2.36. The first kappa shape index (κ1) is 15.8. The van der Waals surface area contributed by atoms with E-state index >= 15 is 0 Å². The van der Waals surface area contributed by atoms with Crippen LogP contribution in [0, 0.1) is 0 Å². The van der Waals surface area contributed by atoms with Gasteiger partial charge < -0.3 is 9.84 Å². The molecule has 20 heavy (non-hydrogen) atoms. The second-order valence-corrected chi connectivity index (χ2v) is 7.37. The lowest BCUT2D eigenvalue weighted by Gasteiger charge is -2.22. The number of nitrogens with zero attached hydrogens (tertiary/aromatic N) is 1. The molecule has 1 aromatic rings. The zero-order valence-electron chi connectivity index (χ0n) is 11.3. The van der Waals surface area contributed by atoms with Gasteiger partial charge in [-0.05, 0) is 38.0 Å². The van der Waals surface area contributed by atoms with Crippen molar-refractivity contribution in [3.8, 4) is 5.75 Å². The number of hydrogen-bond acceptors (Lipinski definition) is 4. The number of hydrogen-bond donors (Lipinski definition) is 1. The molecule has 0 heterocycles. The van der Waals surface area contributed by atoms with E-state index in [1.165, 1.54) is 4.31 Å².